The molecule has 29 heavy (non-hydrogen) atoms. The lowest BCUT2D eigenvalue weighted by atomic mass is 10.1. The number of hydrogen-bond acceptors (Lipinski definition) is 4. The van der Waals surface area contributed by atoms with Gasteiger partial charge in [0.25, 0.3) is 5.91 Å². The highest BCUT2D eigenvalue weighted by Crippen LogP contribution is 2.26. The third kappa shape index (κ3) is 4.39. The second-order valence-corrected chi connectivity index (χ2v) is 8.33. The Kier molecular flexibility index (Phi) is 6.02. The minimum absolute atomic E-state index is 0.135. The Morgan fingerprint density at radius 3 is 2.28 bits per heavy atom. The number of anilines is 2. The molecule has 4 rings (SSSR count). The number of nitrogens with zero attached hydrogens (tertiary/aromatic N) is 4. The molecule has 2 saturated heterocycles. The maximum Gasteiger partial charge on any atom is 0.255 e. The van der Waals surface area contributed by atoms with Crippen LogP contribution in [0.2, 0.25) is 0 Å². The van der Waals surface area contributed by atoms with E-state index < -0.39 is 0 Å². The number of rotatable bonds is 3. The van der Waals surface area contributed by atoms with E-state index in [0.29, 0.717) is 0 Å². The summed E-state index contributed by atoms with van der Waals surface area (Å²) < 4.78 is 0. The quantitative estimate of drug-likeness (QED) is 0.790. The molecule has 2 aliphatic heterocycles. The van der Waals surface area contributed by atoms with Gasteiger partial charge in [-0.15, -0.1) is 0 Å². The number of aryl methyl sites for hydroxylation is 1. The molecule has 0 N–H and O–H groups in total. The molecule has 3 heterocycles. The van der Waals surface area contributed by atoms with E-state index in [4.69, 9.17) is 0 Å². The first kappa shape index (κ1) is 19.7. The van der Waals surface area contributed by atoms with Gasteiger partial charge in [-0.05, 0) is 49.9 Å². The summed E-state index contributed by atoms with van der Waals surface area (Å²) in [5.41, 5.74) is 5.84. The molecule has 0 unspecified atom stereocenters. The fourth-order valence-electron chi connectivity index (χ4n) is 4.46. The third-order valence-corrected chi connectivity index (χ3v) is 6.43. The zero-order valence-electron chi connectivity index (χ0n) is 17.7. The minimum Gasteiger partial charge on any atom is -0.368 e. The van der Waals surface area contributed by atoms with Gasteiger partial charge in [0.2, 0.25) is 0 Å². The zero-order chi connectivity index (χ0) is 20.2. The number of carbonyl (C=O) groups is 1. The van der Waals surface area contributed by atoms with E-state index in [9.17, 15) is 4.79 Å². The van der Waals surface area contributed by atoms with E-state index in [1.807, 2.05) is 17.2 Å². The van der Waals surface area contributed by atoms with Gasteiger partial charge in [0.05, 0.1) is 17.4 Å². The zero-order valence-corrected chi connectivity index (χ0v) is 17.7. The van der Waals surface area contributed by atoms with Crippen LogP contribution in [0.5, 0.6) is 0 Å². The molecule has 5 heteroatoms. The summed E-state index contributed by atoms with van der Waals surface area (Å²) in [5, 5.41) is 0. The van der Waals surface area contributed by atoms with Crippen molar-refractivity contribution in [3.8, 4) is 0 Å². The van der Waals surface area contributed by atoms with Crippen molar-refractivity contribution >= 4 is 17.3 Å². The summed E-state index contributed by atoms with van der Waals surface area (Å²) in [5.74, 6) is 0.135. The number of piperazine rings is 1. The first-order valence-electron chi connectivity index (χ1n) is 10.9. The highest BCUT2D eigenvalue weighted by atomic mass is 16.2. The predicted octanol–water partition coefficient (Wildman–Crippen LogP) is 4.04. The smallest absolute Gasteiger partial charge is 0.255 e. The van der Waals surface area contributed by atoms with Crippen LogP contribution >= 0.6 is 0 Å². The normalized spacial score (nSPS) is 17.9. The lowest BCUT2D eigenvalue weighted by Gasteiger charge is -2.38. The summed E-state index contributed by atoms with van der Waals surface area (Å²) in [6.45, 7) is 9.97. The van der Waals surface area contributed by atoms with Crippen LogP contribution in [0.3, 0.4) is 0 Å². The maximum absolute atomic E-state index is 13.0. The van der Waals surface area contributed by atoms with E-state index in [0.717, 1.165) is 63.4 Å². The summed E-state index contributed by atoms with van der Waals surface area (Å²) in [4.78, 5) is 24.2. The Balaban J connectivity index is 1.43. The molecule has 0 aliphatic carbocycles. The van der Waals surface area contributed by atoms with Gasteiger partial charge < -0.3 is 14.7 Å². The van der Waals surface area contributed by atoms with Gasteiger partial charge in [-0.25, -0.2) is 0 Å². The van der Waals surface area contributed by atoms with Gasteiger partial charge in [0, 0.05) is 51.2 Å². The van der Waals surface area contributed by atoms with Crippen molar-refractivity contribution in [2.75, 3.05) is 49.1 Å². The molecule has 2 aliphatic rings. The van der Waals surface area contributed by atoms with Crippen molar-refractivity contribution in [3.05, 3.63) is 53.3 Å². The van der Waals surface area contributed by atoms with Gasteiger partial charge in [-0.1, -0.05) is 25.0 Å². The van der Waals surface area contributed by atoms with Gasteiger partial charge in [-0.2, -0.15) is 0 Å². The third-order valence-electron chi connectivity index (χ3n) is 6.43. The highest BCUT2D eigenvalue weighted by molar-refractivity contribution is 5.94. The molecule has 1 aromatic heterocycles. The van der Waals surface area contributed by atoms with Crippen molar-refractivity contribution in [1.29, 1.82) is 0 Å². The Morgan fingerprint density at radius 2 is 1.55 bits per heavy atom. The fourth-order valence-corrected chi connectivity index (χ4v) is 4.46. The van der Waals surface area contributed by atoms with Crippen molar-refractivity contribution in [2.24, 2.45) is 0 Å². The number of amides is 1. The van der Waals surface area contributed by atoms with Crippen LogP contribution in [-0.2, 0) is 0 Å². The topological polar surface area (TPSA) is 39.7 Å². The predicted molar refractivity (Wildman–Crippen MR) is 119 cm³/mol. The number of likely N-dealkylation sites (tertiary alicyclic amines) is 1. The number of aromatic nitrogens is 1. The van der Waals surface area contributed by atoms with Gasteiger partial charge in [0.15, 0.2) is 0 Å². The van der Waals surface area contributed by atoms with Crippen LogP contribution in [0, 0.1) is 13.8 Å². The second kappa shape index (κ2) is 8.85. The van der Waals surface area contributed by atoms with Gasteiger partial charge >= 0.3 is 0 Å². The van der Waals surface area contributed by atoms with Gasteiger partial charge in [-0.3, -0.25) is 9.78 Å². The molecule has 5 nitrogen and oxygen atoms in total. The van der Waals surface area contributed by atoms with E-state index in [2.05, 4.69) is 46.8 Å². The van der Waals surface area contributed by atoms with Crippen molar-refractivity contribution in [3.63, 3.8) is 0 Å². The molecular formula is C24H32N4O. The molecule has 0 bridgehead atoms. The molecule has 1 aromatic carbocycles. The Bertz CT molecular complexity index is 850. The summed E-state index contributed by atoms with van der Waals surface area (Å²) in [6, 6.07) is 8.58. The first-order chi connectivity index (χ1) is 14.1. The number of benzene rings is 1. The SMILES string of the molecule is Cc1cccc(N2CCN(c3cncc(C(=O)N4CCCCCC4)c3)CC2)c1C. The Labute approximate surface area is 174 Å². The van der Waals surface area contributed by atoms with E-state index in [-0.39, 0.29) is 5.91 Å². The Hall–Kier alpha value is -2.56. The van der Waals surface area contributed by atoms with E-state index in [1.54, 1.807) is 6.20 Å². The largest absolute Gasteiger partial charge is 0.368 e. The number of hydrogen-bond donors (Lipinski definition) is 0. The first-order valence-corrected chi connectivity index (χ1v) is 10.9. The molecule has 154 valence electrons. The van der Waals surface area contributed by atoms with Crippen molar-refractivity contribution < 1.29 is 4.79 Å². The van der Waals surface area contributed by atoms with Gasteiger partial charge in [0.1, 0.15) is 0 Å². The minimum atomic E-state index is 0.135. The summed E-state index contributed by atoms with van der Waals surface area (Å²) in [6.07, 6.45) is 8.30. The summed E-state index contributed by atoms with van der Waals surface area (Å²) in [7, 11) is 0. The lowest BCUT2D eigenvalue weighted by Crippen LogP contribution is -2.47. The highest BCUT2D eigenvalue weighted by Gasteiger charge is 2.22. The van der Waals surface area contributed by atoms with Crippen LogP contribution in [0.15, 0.2) is 36.7 Å². The van der Waals surface area contributed by atoms with Crippen LogP contribution in [0.25, 0.3) is 0 Å². The number of pyridine rings is 1. The average Bonchev–Trinajstić information content (AvgIpc) is 3.05. The Morgan fingerprint density at radius 1 is 0.862 bits per heavy atom. The van der Waals surface area contributed by atoms with Crippen molar-refractivity contribution in [2.45, 2.75) is 39.5 Å². The molecule has 2 fully saturated rings. The van der Waals surface area contributed by atoms with E-state index >= 15 is 0 Å². The molecule has 0 radical (unpaired) electrons. The van der Waals surface area contributed by atoms with Crippen LogP contribution in [-0.4, -0.2) is 55.1 Å². The molecule has 1 amide bonds. The second-order valence-electron chi connectivity index (χ2n) is 8.33. The van der Waals surface area contributed by atoms with E-state index in [1.165, 1.54) is 29.7 Å². The molecule has 2 aromatic rings. The van der Waals surface area contributed by atoms with Crippen molar-refractivity contribution in [1.82, 2.24) is 9.88 Å². The lowest BCUT2D eigenvalue weighted by molar-refractivity contribution is 0.0761. The molecule has 0 saturated carbocycles. The van der Waals surface area contributed by atoms with Crippen LogP contribution in [0.4, 0.5) is 11.4 Å². The van der Waals surface area contributed by atoms with Crippen LogP contribution < -0.4 is 9.80 Å². The maximum atomic E-state index is 13.0. The molecule has 0 spiro atoms. The average molecular weight is 393 g/mol. The fraction of sp³-hybridized carbons (Fsp3) is 0.500. The molecule has 0 atom stereocenters. The monoisotopic (exact) mass is 392 g/mol. The standard InChI is InChI=1S/C24H32N4O/c1-19-8-7-9-23(20(19)2)27-14-12-26(13-15-27)22-16-21(17-25-18-22)24(29)28-10-5-3-4-6-11-28/h7-9,16-18H,3-6,10-15H2,1-2H3. The summed E-state index contributed by atoms with van der Waals surface area (Å²) >= 11 is 0. The number of carbonyl (C=O) groups excluding carboxylic acids is 1. The van der Waals surface area contributed by atoms with Crippen LogP contribution in [0.1, 0.15) is 47.2 Å². The molecular weight excluding hydrogens is 360 g/mol.